The van der Waals surface area contributed by atoms with Crippen LogP contribution in [0.25, 0.3) is 12.2 Å². The zero-order valence-electron chi connectivity index (χ0n) is 15.8. The highest BCUT2D eigenvalue weighted by Crippen LogP contribution is 2.34. The van der Waals surface area contributed by atoms with Crippen LogP contribution in [0.15, 0.2) is 54.6 Å². The number of hydrogen-bond donors (Lipinski definition) is 1. The molecule has 0 radical (unpaired) electrons. The van der Waals surface area contributed by atoms with Crippen LogP contribution in [0, 0.1) is 20.2 Å². The third kappa shape index (κ3) is 3.23. The largest absolute Gasteiger partial charge is 0.398 e. The van der Waals surface area contributed by atoms with Crippen LogP contribution in [-0.4, -0.2) is 21.4 Å². The van der Waals surface area contributed by atoms with Gasteiger partial charge in [-0.2, -0.15) is 0 Å². The third-order valence-electron chi connectivity index (χ3n) is 5.03. The van der Waals surface area contributed by atoms with Gasteiger partial charge < -0.3 is 5.73 Å². The number of nitro benzene ring substituents is 2. The van der Waals surface area contributed by atoms with Crippen molar-refractivity contribution in [3.05, 3.63) is 108 Å². The lowest BCUT2D eigenvalue weighted by molar-refractivity contribution is -0.394. The van der Waals surface area contributed by atoms with Crippen molar-refractivity contribution in [2.75, 3.05) is 5.73 Å². The predicted molar refractivity (Wildman–Crippen MR) is 113 cm³/mol. The maximum absolute atomic E-state index is 12.9. The monoisotopic (exact) mass is 415 g/mol. The molecule has 152 valence electrons. The number of carbonyl (C=O) groups is 2. The van der Waals surface area contributed by atoms with Crippen molar-refractivity contribution in [2.45, 2.75) is 0 Å². The van der Waals surface area contributed by atoms with Crippen LogP contribution in [0.5, 0.6) is 0 Å². The molecule has 0 unspecified atom stereocenters. The van der Waals surface area contributed by atoms with Crippen LogP contribution < -0.4 is 5.73 Å². The van der Waals surface area contributed by atoms with Crippen LogP contribution in [0.4, 0.5) is 17.1 Å². The van der Waals surface area contributed by atoms with Crippen LogP contribution in [0.1, 0.15) is 43.0 Å². The Morgan fingerprint density at radius 2 is 1.35 bits per heavy atom. The van der Waals surface area contributed by atoms with Gasteiger partial charge in [-0.05, 0) is 23.8 Å². The molecule has 2 N–H and O–H groups in total. The predicted octanol–water partition coefficient (Wildman–Crippen LogP) is 4.03. The van der Waals surface area contributed by atoms with E-state index in [2.05, 4.69) is 0 Å². The molecule has 0 saturated carbocycles. The maximum atomic E-state index is 12.9. The number of nitrogens with zero attached hydrogens (tertiary/aromatic N) is 2. The Hall–Kier alpha value is -4.66. The van der Waals surface area contributed by atoms with Crippen molar-refractivity contribution in [2.24, 2.45) is 0 Å². The van der Waals surface area contributed by atoms with E-state index in [0.717, 1.165) is 12.1 Å². The van der Waals surface area contributed by atoms with Gasteiger partial charge in [0.15, 0.2) is 11.6 Å². The van der Waals surface area contributed by atoms with E-state index in [9.17, 15) is 29.8 Å². The number of fused-ring (bicyclic) bond motifs is 2. The van der Waals surface area contributed by atoms with Gasteiger partial charge in [-0.3, -0.25) is 29.8 Å². The number of non-ortho nitro benzene ring substituents is 1. The Morgan fingerprint density at radius 3 is 2.00 bits per heavy atom. The summed E-state index contributed by atoms with van der Waals surface area (Å²) < 4.78 is 0. The quantitative estimate of drug-likeness (QED) is 0.229. The summed E-state index contributed by atoms with van der Waals surface area (Å²) in [6.07, 6.45) is 2.84. The van der Waals surface area contributed by atoms with Gasteiger partial charge in [0, 0.05) is 22.8 Å². The summed E-state index contributed by atoms with van der Waals surface area (Å²) in [5.41, 5.74) is 6.78. The SMILES string of the molecule is Nc1c(/C=C/c2ccc([N+](=O)[O-])cc2[N+](=O)[O-])ccc2c1C(=O)c1ccccc1C2=O. The van der Waals surface area contributed by atoms with E-state index in [-0.39, 0.29) is 39.5 Å². The zero-order chi connectivity index (χ0) is 22.3. The van der Waals surface area contributed by atoms with E-state index in [1.54, 1.807) is 30.3 Å². The highest BCUT2D eigenvalue weighted by atomic mass is 16.6. The Morgan fingerprint density at radius 1 is 0.742 bits per heavy atom. The molecular weight excluding hydrogens is 402 g/mol. The van der Waals surface area contributed by atoms with E-state index in [4.69, 9.17) is 5.73 Å². The second-order valence-corrected chi connectivity index (χ2v) is 6.79. The first kappa shape index (κ1) is 19.6. The topological polar surface area (TPSA) is 146 Å². The van der Waals surface area contributed by atoms with E-state index in [0.29, 0.717) is 11.1 Å². The van der Waals surface area contributed by atoms with Crippen molar-refractivity contribution < 1.29 is 19.4 Å². The second kappa shape index (κ2) is 7.30. The van der Waals surface area contributed by atoms with Gasteiger partial charge in [0.05, 0.1) is 32.7 Å². The molecule has 3 aromatic carbocycles. The Kier molecular flexibility index (Phi) is 4.63. The van der Waals surface area contributed by atoms with Gasteiger partial charge in [0.2, 0.25) is 0 Å². The van der Waals surface area contributed by atoms with E-state index >= 15 is 0 Å². The summed E-state index contributed by atoms with van der Waals surface area (Å²) in [5, 5.41) is 22.2. The number of rotatable bonds is 4. The highest BCUT2D eigenvalue weighted by Gasteiger charge is 2.31. The second-order valence-electron chi connectivity index (χ2n) is 6.79. The summed E-state index contributed by atoms with van der Waals surface area (Å²) in [4.78, 5) is 46.4. The molecule has 0 aliphatic heterocycles. The van der Waals surface area contributed by atoms with Crippen molar-refractivity contribution in [1.82, 2.24) is 0 Å². The van der Waals surface area contributed by atoms with Gasteiger partial charge >= 0.3 is 0 Å². The summed E-state index contributed by atoms with van der Waals surface area (Å²) in [6.45, 7) is 0. The van der Waals surface area contributed by atoms with Gasteiger partial charge in [-0.25, -0.2) is 0 Å². The van der Waals surface area contributed by atoms with Crippen molar-refractivity contribution >= 4 is 40.8 Å². The molecular formula is C22H13N3O6. The number of nitro groups is 2. The smallest absolute Gasteiger partial charge is 0.283 e. The molecule has 3 aromatic rings. The number of carbonyl (C=O) groups excluding carboxylic acids is 2. The molecule has 9 nitrogen and oxygen atoms in total. The summed E-state index contributed by atoms with van der Waals surface area (Å²) >= 11 is 0. The van der Waals surface area contributed by atoms with E-state index < -0.39 is 21.2 Å². The van der Waals surface area contributed by atoms with Gasteiger partial charge in [-0.15, -0.1) is 0 Å². The lowest BCUT2D eigenvalue weighted by atomic mass is 9.82. The molecule has 0 aromatic heterocycles. The number of nitrogens with two attached hydrogens (primary N) is 1. The standard InChI is InChI=1S/C22H13N3O6/c23-20-13(6-5-12-7-9-14(24(28)29)11-18(12)25(30)31)8-10-17-19(20)22(27)16-4-2-1-3-15(16)21(17)26/h1-11H,23H2/b6-5+. The lowest BCUT2D eigenvalue weighted by Crippen LogP contribution is -2.22. The number of ketones is 2. The molecule has 0 heterocycles. The number of nitrogen functional groups attached to an aromatic ring is 1. The van der Waals surface area contributed by atoms with Crippen LogP contribution in [-0.2, 0) is 0 Å². The first-order valence-electron chi connectivity index (χ1n) is 9.01. The molecule has 1 aliphatic carbocycles. The molecule has 0 fully saturated rings. The van der Waals surface area contributed by atoms with Gasteiger partial charge in [0.25, 0.3) is 11.4 Å². The fourth-order valence-electron chi connectivity index (χ4n) is 3.50. The van der Waals surface area contributed by atoms with Crippen molar-refractivity contribution in [3.63, 3.8) is 0 Å². The number of hydrogen-bond acceptors (Lipinski definition) is 7. The van der Waals surface area contributed by atoms with Crippen molar-refractivity contribution in [1.29, 1.82) is 0 Å². The average molecular weight is 415 g/mol. The van der Waals surface area contributed by atoms with E-state index in [1.807, 2.05) is 0 Å². The highest BCUT2D eigenvalue weighted by molar-refractivity contribution is 6.30. The number of anilines is 1. The van der Waals surface area contributed by atoms with Crippen molar-refractivity contribution in [3.8, 4) is 0 Å². The minimum atomic E-state index is -0.720. The minimum Gasteiger partial charge on any atom is -0.398 e. The third-order valence-corrected chi connectivity index (χ3v) is 5.03. The summed E-state index contributed by atoms with van der Waals surface area (Å²) in [7, 11) is 0. The summed E-state index contributed by atoms with van der Waals surface area (Å²) in [6, 6.07) is 12.8. The molecule has 0 amide bonds. The van der Waals surface area contributed by atoms with Crippen LogP contribution >= 0.6 is 0 Å². The number of benzene rings is 3. The Balaban J connectivity index is 1.78. The molecule has 0 bridgehead atoms. The van der Waals surface area contributed by atoms with Gasteiger partial charge in [0.1, 0.15) is 0 Å². The molecule has 0 saturated heterocycles. The first-order chi connectivity index (χ1) is 14.8. The molecule has 0 atom stereocenters. The molecule has 9 heteroatoms. The summed E-state index contributed by atoms with van der Waals surface area (Å²) in [5.74, 6) is -0.683. The average Bonchev–Trinajstić information content (AvgIpc) is 2.76. The molecule has 1 aliphatic rings. The molecule has 4 rings (SSSR count). The van der Waals surface area contributed by atoms with E-state index in [1.165, 1.54) is 24.3 Å². The lowest BCUT2D eigenvalue weighted by Gasteiger charge is -2.19. The fourth-order valence-corrected chi connectivity index (χ4v) is 3.50. The minimum absolute atomic E-state index is 0.0752. The van der Waals surface area contributed by atoms with Crippen LogP contribution in [0.2, 0.25) is 0 Å². The Bertz CT molecular complexity index is 1340. The molecule has 31 heavy (non-hydrogen) atoms. The van der Waals surface area contributed by atoms with Crippen LogP contribution in [0.3, 0.4) is 0 Å². The fraction of sp³-hybridized carbons (Fsp3) is 0. The van der Waals surface area contributed by atoms with Gasteiger partial charge in [-0.1, -0.05) is 36.4 Å². The normalized spacial score (nSPS) is 12.5. The maximum Gasteiger partial charge on any atom is 0.283 e. The first-order valence-corrected chi connectivity index (χ1v) is 9.01. The zero-order valence-corrected chi connectivity index (χ0v) is 15.8. The molecule has 0 spiro atoms. The Labute approximate surface area is 174 Å².